The summed E-state index contributed by atoms with van der Waals surface area (Å²) in [6, 6.07) is 11.2. The molecule has 0 aliphatic rings. The highest BCUT2D eigenvalue weighted by Gasteiger charge is 2.09. The Balaban J connectivity index is 0.00000364. The highest BCUT2D eigenvalue weighted by atomic mass is 127. The Kier molecular flexibility index (Phi) is 11.4. The van der Waals surface area contributed by atoms with Crippen molar-refractivity contribution in [1.29, 1.82) is 0 Å². The summed E-state index contributed by atoms with van der Waals surface area (Å²) in [5.74, 6) is 0.665. The average molecular weight is 521 g/mol. The first-order valence-electron chi connectivity index (χ1n) is 8.66. The van der Waals surface area contributed by atoms with Gasteiger partial charge in [-0.1, -0.05) is 29.8 Å². The van der Waals surface area contributed by atoms with Crippen molar-refractivity contribution < 1.29 is 4.79 Å². The number of aliphatic imine (C=N–C) groups is 1. The minimum atomic E-state index is -0.179. The first-order chi connectivity index (χ1) is 12.6. The third kappa shape index (κ3) is 8.06. The van der Waals surface area contributed by atoms with Gasteiger partial charge in [0.1, 0.15) is 0 Å². The first kappa shape index (κ1) is 23.7. The lowest BCUT2D eigenvalue weighted by Gasteiger charge is -2.21. The number of nitrogens with one attached hydrogen (secondary N) is 2. The molecule has 0 fully saturated rings. The Hall–Kier alpha value is -1.32. The largest absolute Gasteiger partial charge is 0.357 e. The molecule has 0 aliphatic carbocycles. The number of likely N-dealkylation sites (N-methyl/N-ethyl adjacent to an activating group) is 1. The van der Waals surface area contributed by atoms with E-state index >= 15 is 0 Å². The molecule has 0 aliphatic heterocycles. The van der Waals surface area contributed by atoms with E-state index in [0.717, 1.165) is 25.5 Å². The van der Waals surface area contributed by atoms with Crippen LogP contribution in [0.1, 0.15) is 22.2 Å². The highest BCUT2D eigenvalue weighted by Crippen LogP contribution is 2.14. The fourth-order valence-electron chi connectivity index (χ4n) is 2.38. The number of hydrogen-bond donors (Lipinski definition) is 2. The molecule has 5 nitrogen and oxygen atoms in total. The van der Waals surface area contributed by atoms with Gasteiger partial charge >= 0.3 is 0 Å². The molecule has 0 saturated heterocycles. The molecule has 1 heterocycles. The maximum absolute atomic E-state index is 12.1. The number of halogens is 2. The van der Waals surface area contributed by atoms with Gasteiger partial charge in [0, 0.05) is 31.6 Å². The van der Waals surface area contributed by atoms with E-state index in [4.69, 9.17) is 11.6 Å². The second kappa shape index (κ2) is 13.0. The van der Waals surface area contributed by atoms with Crippen molar-refractivity contribution in [3.63, 3.8) is 0 Å². The zero-order valence-electron chi connectivity index (χ0n) is 15.6. The van der Waals surface area contributed by atoms with Gasteiger partial charge in [-0.2, -0.15) is 0 Å². The monoisotopic (exact) mass is 520 g/mol. The summed E-state index contributed by atoms with van der Waals surface area (Å²) < 4.78 is 0. The lowest BCUT2D eigenvalue weighted by Crippen LogP contribution is -2.40. The molecule has 148 valence electrons. The molecule has 0 radical (unpaired) electrons. The Morgan fingerprint density at radius 3 is 2.67 bits per heavy atom. The van der Waals surface area contributed by atoms with E-state index in [1.807, 2.05) is 14.0 Å². The summed E-state index contributed by atoms with van der Waals surface area (Å²) in [5.41, 5.74) is 0.484. The van der Waals surface area contributed by atoms with Crippen LogP contribution in [0.15, 0.2) is 46.8 Å². The minimum absolute atomic E-state index is 0. The Morgan fingerprint density at radius 1 is 1.22 bits per heavy atom. The van der Waals surface area contributed by atoms with Crippen molar-refractivity contribution in [3.8, 4) is 0 Å². The number of amides is 1. The molecular weight excluding hydrogens is 495 g/mol. The fourth-order valence-corrected chi connectivity index (χ4v) is 3.30. The van der Waals surface area contributed by atoms with Crippen molar-refractivity contribution in [3.05, 3.63) is 57.2 Å². The molecule has 1 aromatic heterocycles. The van der Waals surface area contributed by atoms with Gasteiger partial charge in [-0.15, -0.1) is 35.3 Å². The van der Waals surface area contributed by atoms with Gasteiger partial charge in [0.2, 0.25) is 0 Å². The van der Waals surface area contributed by atoms with Crippen molar-refractivity contribution in [2.75, 3.05) is 33.2 Å². The van der Waals surface area contributed by atoms with E-state index in [0.29, 0.717) is 23.7 Å². The summed E-state index contributed by atoms with van der Waals surface area (Å²) in [4.78, 5) is 20.2. The Labute approximate surface area is 187 Å². The Morgan fingerprint density at radius 2 is 2.00 bits per heavy atom. The first-order valence-corrected chi connectivity index (χ1v) is 9.92. The van der Waals surface area contributed by atoms with E-state index in [9.17, 15) is 4.79 Å². The highest BCUT2D eigenvalue weighted by molar-refractivity contribution is 14.0. The van der Waals surface area contributed by atoms with Gasteiger partial charge in [0.05, 0.1) is 17.1 Å². The zero-order valence-corrected chi connectivity index (χ0v) is 19.5. The average Bonchev–Trinajstić information content (AvgIpc) is 3.16. The van der Waals surface area contributed by atoms with Crippen LogP contribution in [0.5, 0.6) is 0 Å². The molecule has 27 heavy (non-hydrogen) atoms. The molecule has 0 atom stereocenters. The smallest absolute Gasteiger partial charge is 0.252 e. The normalized spacial score (nSPS) is 10.9. The molecule has 0 bridgehead atoms. The van der Waals surface area contributed by atoms with Crippen molar-refractivity contribution in [1.82, 2.24) is 15.5 Å². The Bertz CT molecular complexity index is 724. The summed E-state index contributed by atoms with van der Waals surface area (Å²) in [5, 5.41) is 8.69. The SMILES string of the molecule is CCNC(=NCCNC(=O)c1ccccc1Cl)N(C)CCc1cccs1.I. The number of rotatable bonds is 8. The van der Waals surface area contributed by atoms with E-state index in [1.165, 1.54) is 4.88 Å². The summed E-state index contributed by atoms with van der Waals surface area (Å²) in [7, 11) is 2.03. The summed E-state index contributed by atoms with van der Waals surface area (Å²) in [6.45, 7) is 4.69. The number of thiophene rings is 1. The quantitative estimate of drug-likeness (QED) is 0.240. The van der Waals surface area contributed by atoms with Crippen LogP contribution in [0, 0.1) is 0 Å². The van der Waals surface area contributed by atoms with Crippen LogP contribution in [-0.2, 0) is 6.42 Å². The fraction of sp³-hybridized carbons (Fsp3) is 0.368. The van der Waals surface area contributed by atoms with Crippen LogP contribution >= 0.6 is 46.9 Å². The number of carbonyl (C=O) groups excluding carboxylic acids is 1. The van der Waals surface area contributed by atoms with Crippen LogP contribution in [0.4, 0.5) is 0 Å². The van der Waals surface area contributed by atoms with Gasteiger partial charge in [0.25, 0.3) is 5.91 Å². The topological polar surface area (TPSA) is 56.7 Å². The van der Waals surface area contributed by atoms with Crippen molar-refractivity contribution in [2.45, 2.75) is 13.3 Å². The van der Waals surface area contributed by atoms with Crippen LogP contribution in [0.25, 0.3) is 0 Å². The molecule has 0 spiro atoms. The molecule has 1 aromatic carbocycles. The molecule has 2 aromatic rings. The third-order valence-electron chi connectivity index (χ3n) is 3.75. The van der Waals surface area contributed by atoms with Gasteiger partial charge < -0.3 is 15.5 Å². The molecule has 1 amide bonds. The standard InChI is InChI=1S/C19H25ClN4OS.HI/c1-3-21-19(24(2)13-10-15-7-6-14-26-15)23-12-11-22-18(25)16-8-4-5-9-17(16)20;/h4-9,14H,3,10-13H2,1-2H3,(H,21,23)(H,22,25);1H. The second-order valence-electron chi connectivity index (χ2n) is 5.72. The minimum Gasteiger partial charge on any atom is -0.357 e. The van der Waals surface area contributed by atoms with E-state index in [2.05, 4.69) is 38.0 Å². The molecule has 0 unspecified atom stereocenters. The number of hydrogen-bond acceptors (Lipinski definition) is 3. The number of carbonyl (C=O) groups is 1. The number of nitrogens with zero attached hydrogens (tertiary/aromatic N) is 2. The van der Waals surface area contributed by atoms with Crippen LogP contribution < -0.4 is 10.6 Å². The van der Waals surface area contributed by atoms with Crippen molar-refractivity contribution in [2.24, 2.45) is 4.99 Å². The van der Waals surface area contributed by atoms with Crippen LogP contribution in [-0.4, -0.2) is 50.0 Å². The molecule has 0 saturated carbocycles. The van der Waals surface area contributed by atoms with Gasteiger partial charge in [-0.3, -0.25) is 9.79 Å². The van der Waals surface area contributed by atoms with Gasteiger partial charge in [-0.25, -0.2) is 0 Å². The summed E-state index contributed by atoms with van der Waals surface area (Å²) in [6.07, 6.45) is 0.988. The van der Waals surface area contributed by atoms with Crippen LogP contribution in [0.3, 0.4) is 0 Å². The summed E-state index contributed by atoms with van der Waals surface area (Å²) >= 11 is 7.81. The maximum atomic E-state index is 12.1. The molecular formula is C19H26ClIN4OS. The van der Waals surface area contributed by atoms with Crippen molar-refractivity contribution >= 4 is 58.8 Å². The zero-order chi connectivity index (χ0) is 18.8. The third-order valence-corrected chi connectivity index (χ3v) is 5.01. The van der Waals surface area contributed by atoms with E-state index in [1.54, 1.807) is 35.6 Å². The predicted molar refractivity (Wildman–Crippen MR) is 126 cm³/mol. The predicted octanol–water partition coefficient (Wildman–Crippen LogP) is 3.89. The van der Waals surface area contributed by atoms with E-state index < -0.39 is 0 Å². The van der Waals surface area contributed by atoms with Gasteiger partial charge in [-0.05, 0) is 36.9 Å². The molecule has 2 rings (SSSR count). The second-order valence-corrected chi connectivity index (χ2v) is 7.16. The lowest BCUT2D eigenvalue weighted by molar-refractivity contribution is 0.0955. The molecule has 2 N–H and O–H groups in total. The lowest BCUT2D eigenvalue weighted by atomic mass is 10.2. The van der Waals surface area contributed by atoms with E-state index in [-0.39, 0.29) is 29.9 Å². The van der Waals surface area contributed by atoms with Crippen LogP contribution in [0.2, 0.25) is 5.02 Å². The number of benzene rings is 1. The molecule has 8 heteroatoms. The maximum Gasteiger partial charge on any atom is 0.252 e. The number of guanidine groups is 1. The van der Waals surface area contributed by atoms with Gasteiger partial charge in [0.15, 0.2) is 5.96 Å².